The minimum atomic E-state index is -3.51. The smallest absolute Gasteiger partial charge is 0.338 e. The van der Waals surface area contributed by atoms with Gasteiger partial charge < -0.3 is 15.2 Å². The van der Waals surface area contributed by atoms with Crippen LogP contribution in [0.1, 0.15) is 23.5 Å². The molecule has 1 fully saturated rings. The quantitative estimate of drug-likeness (QED) is 0.479. The number of benzene rings is 1. The van der Waals surface area contributed by atoms with Crippen LogP contribution in [0.5, 0.6) is 0 Å². The Labute approximate surface area is 221 Å². The Kier molecular flexibility index (Phi) is 8.00. The second-order valence-electron chi connectivity index (χ2n) is 8.06. The number of aliphatic carboxylic acids is 1. The fraction of sp³-hybridized carbons (Fsp3) is 0.364. The molecule has 2 aliphatic rings. The number of carbonyl (C=O) groups excluding carboxylic acids is 1. The Morgan fingerprint density at radius 3 is 2.75 bits per heavy atom. The summed E-state index contributed by atoms with van der Waals surface area (Å²) in [6.45, 7) is 1.68. The van der Waals surface area contributed by atoms with Gasteiger partial charge in [-0.25, -0.2) is 18.2 Å². The van der Waals surface area contributed by atoms with Gasteiger partial charge in [-0.1, -0.05) is 29.3 Å². The van der Waals surface area contributed by atoms with Crippen molar-refractivity contribution in [3.05, 3.63) is 61.7 Å². The van der Waals surface area contributed by atoms with Gasteiger partial charge in [-0.05, 0) is 19.1 Å². The molecule has 3 heterocycles. The SMILES string of the molecule is CCOC(=O)C1=C(CN2CCS(=O)(=O)C[C@H]2C(=O)O)NC(c2nccs2)=NC1c1ccc(Cl)cc1Cl. The first-order chi connectivity index (χ1) is 17.1. The molecule has 2 aliphatic heterocycles. The molecule has 0 aliphatic carbocycles. The van der Waals surface area contributed by atoms with Gasteiger partial charge in [0.1, 0.15) is 12.1 Å². The lowest BCUT2D eigenvalue weighted by molar-refractivity contribution is -0.142. The van der Waals surface area contributed by atoms with Crippen molar-refractivity contribution in [2.75, 3.05) is 31.2 Å². The van der Waals surface area contributed by atoms with E-state index in [4.69, 9.17) is 32.9 Å². The lowest BCUT2D eigenvalue weighted by Gasteiger charge is -2.35. The van der Waals surface area contributed by atoms with E-state index in [1.165, 1.54) is 22.3 Å². The van der Waals surface area contributed by atoms with Crippen molar-refractivity contribution < 1.29 is 27.9 Å². The Bertz CT molecular complexity index is 1340. The summed E-state index contributed by atoms with van der Waals surface area (Å²) < 4.78 is 29.6. The Hall–Kier alpha value is -2.51. The van der Waals surface area contributed by atoms with E-state index in [0.717, 1.165) is 0 Å². The molecule has 2 aromatic rings. The summed E-state index contributed by atoms with van der Waals surface area (Å²) in [5, 5.41) is 15.9. The first-order valence-corrected chi connectivity index (χ1v) is 14.3. The largest absolute Gasteiger partial charge is 0.480 e. The predicted octanol–water partition coefficient (Wildman–Crippen LogP) is 2.54. The highest BCUT2D eigenvalue weighted by molar-refractivity contribution is 7.91. The number of carboxylic acid groups (broad SMARTS) is 1. The second kappa shape index (κ2) is 10.9. The Balaban J connectivity index is 1.84. The van der Waals surface area contributed by atoms with Gasteiger partial charge in [0.25, 0.3) is 0 Å². The molecule has 0 radical (unpaired) electrons. The molecule has 10 nitrogen and oxygen atoms in total. The maximum atomic E-state index is 13.2. The van der Waals surface area contributed by atoms with Gasteiger partial charge in [0.15, 0.2) is 20.7 Å². The molecule has 2 N–H and O–H groups in total. The first kappa shape index (κ1) is 26.6. The number of amidine groups is 1. The summed E-state index contributed by atoms with van der Waals surface area (Å²) in [7, 11) is -3.51. The van der Waals surface area contributed by atoms with Crippen LogP contribution in [0.3, 0.4) is 0 Å². The molecule has 0 bridgehead atoms. The second-order valence-corrected chi connectivity index (χ2v) is 12.0. The van der Waals surface area contributed by atoms with Crippen molar-refractivity contribution in [3.8, 4) is 0 Å². The van der Waals surface area contributed by atoms with Crippen LogP contribution in [0, 0.1) is 0 Å². The van der Waals surface area contributed by atoms with E-state index in [1.807, 2.05) is 0 Å². The molecule has 4 rings (SSSR count). The number of esters is 1. The number of aliphatic imine (C=N–C) groups is 1. The van der Waals surface area contributed by atoms with E-state index >= 15 is 0 Å². The van der Waals surface area contributed by atoms with Crippen LogP contribution in [-0.2, 0) is 24.2 Å². The fourth-order valence-corrected chi connectivity index (χ4v) is 6.64. The molecule has 192 valence electrons. The molecule has 0 spiro atoms. The normalized spacial score (nSPS) is 22.0. The van der Waals surface area contributed by atoms with Crippen LogP contribution in [-0.4, -0.2) is 78.4 Å². The monoisotopic (exact) mass is 572 g/mol. The molecule has 14 heteroatoms. The summed E-state index contributed by atoms with van der Waals surface area (Å²) in [6, 6.07) is 2.65. The number of rotatable bonds is 7. The van der Waals surface area contributed by atoms with Gasteiger partial charge in [-0.15, -0.1) is 11.3 Å². The maximum Gasteiger partial charge on any atom is 0.338 e. The van der Waals surface area contributed by atoms with E-state index in [-0.39, 0.29) is 36.0 Å². The molecular formula is C22H22Cl2N4O6S2. The van der Waals surface area contributed by atoms with Crippen molar-refractivity contribution in [3.63, 3.8) is 0 Å². The number of carboxylic acids is 1. The van der Waals surface area contributed by atoms with Crippen molar-refractivity contribution in [1.29, 1.82) is 0 Å². The number of hydrogen-bond donors (Lipinski definition) is 2. The minimum Gasteiger partial charge on any atom is -0.480 e. The van der Waals surface area contributed by atoms with E-state index < -0.39 is 39.6 Å². The van der Waals surface area contributed by atoms with E-state index in [2.05, 4.69) is 10.3 Å². The number of aromatic nitrogens is 1. The molecule has 1 aromatic heterocycles. The zero-order valence-electron chi connectivity index (χ0n) is 19.0. The van der Waals surface area contributed by atoms with E-state index in [9.17, 15) is 23.1 Å². The number of hydrogen-bond acceptors (Lipinski definition) is 10. The molecule has 1 aromatic carbocycles. The summed E-state index contributed by atoms with van der Waals surface area (Å²) in [5.74, 6) is -2.28. The van der Waals surface area contributed by atoms with Gasteiger partial charge >= 0.3 is 11.9 Å². The van der Waals surface area contributed by atoms with E-state index in [0.29, 0.717) is 27.1 Å². The third-order valence-electron chi connectivity index (χ3n) is 5.70. The Morgan fingerprint density at radius 1 is 1.33 bits per heavy atom. The van der Waals surface area contributed by atoms with Crippen molar-refractivity contribution in [2.24, 2.45) is 4.99 Å². The molecule has 2 atom stereocenters. The average Bonchev–Trinajstić information content (AvgIpc) is 3.35. The summed E-state index contributed by atoms with van der Waals surface area (Å²) in [5.41, 5.74) is 0.961. The zero-order chi connectivity index (χ0) is 26.0. The van der Waals surface area contributed by atoms with Gasteiger partial charge in [0, 0.05) is 46.0 Å². The Morgan fingerprint density at radius 2 is 2.11 bits per heavy atom. The van der Waals surface area contributed by atoms with Gasteiger partial charge in [-0.3, -0.25) is 14.7 Å². The third-order valence-corrected chi connectivity index (χ3v) is 8.67. The van der Waals surface area contributed by atoms with Crippen LogP contribution in [0.25, 0.3) is 0 Å². The standard InChI is InChI=1S/C22H22Cl2N4O6S2/c1-2-34-22(31)17-15(10-28-6-8-36(32,33)11-16(28)21(29)30)26-19(20-25-5-7-35-20)27-18(17)13-4-3-12(23)9-14(13)24/h3-5,7,9,16,18H,2,6,8,10-11H2,1H3,(H,26,27)(H,29,30)/t16-,18?/m0/s1. The highest BCUT2D eigenvalue weighted by atomic mass is 35.5. The number of carbonyl (C=O) groups is 2. The minimum absolute atomic E-state index is 0.0172. The van der Waals surface area contributed by atoms with Crippen molar-refractivity contribution in [2.45, 2.75) is 19.0 Å². The highest BCUT2D eigenvalue weighted by Crippen LogP contribution is 2.37. The van der Waals surface area contributed by atoms with Crippen LogP contribution in [0.15, 0.2) is 46.0 Å². The van der Waals surface area contributed by atoms with Crippen molar-refractivity contribution >= 4 is 62.2 Å². The maximum absolute atomic E-state index is 13.2. The number of thiazole rings is 1. The molecule has 0 saturated carbocycles. The number of ether oxygens (including phenoxy) is 1. The summed E-state index contributed by atoms with van der Waals surface area (Å²) in [6.07, 6.45) is 1.61. The lowest BCUT2D eigenvalue weighted by Crippen LogP contribution is -2.54. The van der Waals surface area contributed by atoms with Crippen LogP contribution in [0.2, 0.25) is 10.0 Å². The molecule has 1 unspecified atom stereocenters. The molecule has 0 amide bonds. The van der Waals surface area contributed by atoms with Crippen molar-refractivity contribution in [1.82, 2.24) is 15.2 Å². The number of sulfone groups is 1. The highest BCUT2D eigenvalue weighted by Gasteiger charge is 2.39. The molecule has 36 heavy (non-hydrogen) atoms. The van der Waals surface area contributed by atoms with Crippen LogP contribution < -0.4 is 5.32 Å². The average molecular weight is 573 g/mol. The number of nitrogens with zero attached hydrogens (tertiary/aromatic N) is 3. The zero-order valence-corrected chi connectivity index (χ0v) is 22.1. The molecular weight excluding hydrogens is 551 g/mol. The topological polar surface area (TPSA) is 138 Å². The third kappa shape index (κ3) is 5.73. The predicted molar refractivity (Wildman–Crippen MR) is 136 cm³/mol. The van der Waals surface area contributed by atoms with Crippen LogP contribution in [0.4, 0.5) is 0 Å². The molecule has 1 saturated heterocycles. The van der Waals surface area contributed by atoms with Gasteiger partial charge in [-0.2, -0.15) is 0 Å². The summed E-state index contributed by atoms with van der Waals surface area (Å²) in [4.78, 5) is 35.7. The number of nitrogens with one attached hydrogen (secondary N) is 1. The summed E-state index contributed by atoms with van der Waals surface area (Å²) >= 11 is 13.9. The first-order valence-electron chi connectivity index (χ1n) is 10.9. The lowest BCUT2D eigenvalue weighted by atomic mass is 9.95. The van der Waals surface area contributed by atoms with Gasteiger partial charge in [0.05, 0.1) is 23.7 Å². The van der Waals surface area contributed by atoms with Gasteiger partial charge in [0.2, 0.25) is 0 Å². The van der Waals surface area contributed by atoms with E-state index in [1.54, 1.807) is 30.6 Å². The van der Waals surface area contributed by atoms with Crippen LogP contribution >= 0.6 is 34.5 Å². The fourth-order valence-electron chi connectivity index (χ4n) is 4.03. The number of halogens is 2.